The Balaban J connectivity index is 1.51. The van der Waals surface area contributed by atoms with Crippen molar-refractivity contribution >= 4 is 11.3 Å². The highest BCUT2D eigenvalue weighted by atomic mass is 32.1. The van der Waals surface area contributed by atoms with Gasteiger partial charge in [-0.2, -0.15) is 0 Å². The molecule has 0 N–H and O–H groups in total. The Kier molecular flexibility index (Phi) is 5.33. The highest BCUT2D eigenvalue weighted by Crippen LogP contribution is 2.42. The molecule has 1 atom stereocenters. The van der Waals surface area contributed by atoms with E-state index in [1.807, 2.05) is 11.3 Å². The molecule has 0 bridgehead atoms. The number of ether oxygens (including phenoxy) is 2. The molecule has 2 aliphatic rings. The number of hydrogen-bond donors (Lipinski definition) is 0. The van der Waals surface area contributed by atoms with E-state index in [0.717, 1.165) is 26.4 Å². The topological polar surface area (TPSA) is 21.7 Å². The molecule has 3 rings (SSSR count). The summed E-state index contributed by atoms with van der Waals surface area (Å²) in [7, 11) is 0. The minimum atomic E-state index is 0.156. The van der Waals surface area contributed by atoms with Gasteiger partial charge in [-0.15, -0.1) is 11.3 Å². The van der Waals surface area contributed by atoms with Crippen LogP contribution in [0.3, 0.4) is 0 Å². The molecule has 3 heterocycles. The molecule has 2 fully saturated rings. The van der Waals surface area contributed by atoms with E-state index in [0.29, 0.717) is 5.92 Å². The van der Waals surface area contributed by atoms with Gasteiger partial charge in [0.15, 0.2) is 0 Å². The number of nitrogens with zero attached hydrogens (tertiary/aromatic N) is 1. The van der Waals surface area contributed by atoms with Gasteiger partial charge in [0.25, 0.3) is 0 Å². The first-order chi connectivity index (χ1) is 10.3. The van der Waals surface area contributed by atoms with Crippen LogP contribution in [0.2, 0.25) is 0 Å². The second kappa shape index (κ2) is 7.23. The van der Waals surface area contributed by atoms with Crippen LogP contribution in [0.1, 0.15) is 37.5 Å². The number of thiophene rings is 1. The van der Waals surface area contributed by atoms with Crippen molar-refractivity contribution in [1.29, 1.82) is 0 Å². The molecule has 2 aliphatic heterocycles. The van der Waals surface area contributed by atoms with Crippen molar-refractivity contribution in [3.8, 4) is 0 Å². The van der Waals surface area contributed by atoms with Gasteiger partial charge in [0.1, 0.15) is 0 Å². The molecule has 21 heavy (non-hydrogen) atoms. The molecular formula is C17H27NO2S. The first-order valence-corrected chi connectivity index (χ1v) is 9.17. The molecule has 0 radical (unpaired) electrons. The van der Waals surface area contributed by atoms with Crippen LogP contribution in [0.4, 0.5) is 0 Å². The third-order valence-electron chi connectivity index (χ3n) is 5.08. The summed E-state index contributed by atoms with van der Waals surface area (Å²) in [6, 6.07) is 4.39. The molecule has 0 aliphatic carbocycles. The Morgan fingerprint density at radius 2 is 2.29 bits per heavy atom. The van der Waals surface area contributed by atoms with Gasteiger partial charge in [-0.3, -0.25) is 4.90 Å². The Morgan fingerprint density at radius 1 is 1.43 bits per heavy atom. The van der Waals surface area contributed by atoms with Gasteiger partial charge in [-0.05, 0) is 50.0 Å². The van der Waals surface area contributed by atoms with E-state index < -0.39 is 0 Å². The molecule has 4 heteroatoms. The van der Waals surface area contributed by atoms with Gasteiger partial charge in [0, 0.05) is 44.3 Å². The van der Waals surface area contributed by atoms with Crippen molar-refractivity contribution in [2.75, 3.05) is 32.9 Å². The quantitative estimate of drug-likeness (QED) is 0.750. The third-order valence-corrected chi connectivity index (χ3v) is 5.94. The number of likely N-dealkylation sites (tertiary alicyclic amines) is 1. The highest BCUT2D eigenvalue weighted by molar-refractivity contribution is 7.09. The lowest BCUT2D eigenvalue weighted by molar-refractivity contribution is -0.0726. The van der Waals surface area contributed by atoms with Gasteiger partial charge in [0.05, 0.1) is 5.60 Å². The Bertz CT molecular complexity index is 412. The van der Waals surface area contributed by atoms with Gasteiger partial charge in [-0.1, -0.05) is 6.07 Å². The molecular weight excluding hydrogens is 282 g/mol. The Labute approximate surface area is 132 Å². The van der Waals surface area contributed by atoms with Crippen molar-refractivity contribution in [2.24, 2.45) is 5.92 Å². The Hall–Kier alpha value is -0.420. The molecule has 1 aromatic heterocycles. The lowest BCUT2D eigenvalue weighted by atomic mass is 9.78. The Morgan fingerprint density at radius 3 is 3.00 bits per heavy atom. The zero-order valence-corrected chi connectivity index (χ0v) is 13.9. The summed E-state index contributed by atoms with van der Waals surface area (Å²) >= 11 is 1.87. The van der Waals surface area contributed by atoms with E-state index in [9.17, 15) is 0 Å². The molecule has 0 saturated carbocycles. The van der Waals surface area contributed by atoms with Crippen molar-refractivity contribution < 1.29 is 9.47 Å². The van der Waals surface area contributed by atoms with E-state index in [-0.39, 0.29) is 5.60 Å². The molecule has 0 aromatic carbocycles. The first-order valence-electron chi connectivity index (χ1n) is 8.29. The zero-order valence-electron chi connectivity index (χ0n) is 13.1. The van der Waals surface area contributed by atoms with Crippen LogP contribution in [0, 0.1) is 5.92 Å². The smallest absolute Gasteiger partial charge is 0.0736 e. The lowest BCUT2D eigenvalue weighted by Gasteiger charge is -2.42. The fourth-order valence-corrected chi connectivity index (χ4v) is 4.57. The normalized spacial score (nSPS) is 25.7. The van der Waals surface area contributed by atoms with Crippen LogP contribution in [0.5, 0.6) is 0 Å². The van der Waals surface area contributed by atoms with Gasteiger partial charge < -0.3 is 9.47 Å². The standard InChI is InChI=1S/C17H27NO2S/c1-2-19-11-5-15-6-12-20-17(15)7-9-18(10-8-17)14-16-4-3-13-21-16/h3-4,13,15H,2,5-12,14H2,1H3/t15-/m0/s1. The van der Waals surface area contributed by atoms with Crippen LogP contribution in [-0.4, -0.2) is 43.4 Å². The second-order valence-electron chi connectivity index (χ2n) is 6.24. The molecule has 1 aromatic rings. The van der Waals surface area contributed by atoms with Gasteiger partial charge in [0.2, 0.25) is 0 Å². The van der Waals surface area contributed by atoms with E-state index in [1.54, 1.807) is 0 Å². The van der Waals surface area contributed by atoms with Crippen LogP contribution in [0.25, 0.3) is 0 Å². The van der Waals surface area contributed by atoms with Crippen LogP contribution in [-0.2, 0) is 16.0 Å². The summed E-state index contributed by atoms with van der Waals surface area (Å²) in [5.74, 6) is 0.702. The molecule has 118 valence electrons. The summed E-state index contributed by atoms with van der Waals surface area (Å²) in [6.07, 6.45) is 4.76. The van der Waals surface area contributed by atoms with Crippen molar-refractivity contribution in [3.63, 3.8) is 0 Å². The predicted molar refractivity (Wildman–Crippen MR) is 86.7 cm³/mol. The van der Waals surface area contributed by atoms with Crippen LogP contribution < -0.4 is 0 Å². The van der Waals surface area contributed by atoms with Crippen LogP contribution >= 0.6 is 11.3 Å². The average molecular weight is 309 g/mol. The molecule has 0 unspecified atom stereocenters. The second-order valence-corrected chi connectivity index (χ2v) is 7.27. The highest BCUT2D eigenvalue weighted by Gasteiger charge is 2.45. The molecule has 3 nitrogen and oxygen atoms in total. The van der Waals surface area contributed by atoms with Crippen molar-refractivity contribution in [3.05, 3.63) is 22.4 Å². The summed E-state index contributed by atoms with van der Waals surface area (Å²) < 4.78 is 11.8. The van der Waals surface area contributed by atoms with Crippen LogP contribution in [0.15, 0.2) is 17.5 Å². The summed E-state index contributed by atoms with van der Waals surface area (Å²) in [4.78, 5) is 4.06. The SMILES string of the molecule is CCOCC[C@H]1CCOC12CCN(Cc1cccs1)CC2. The lowest BCUT2D eigenvalue weighted by Crippen LogP contribution is -2.47. The van der Waals surface area contributed by atoms with Gasteiger partial charge in [-0.25, -0.2) is 0 Å². The number of rotatable bonds is 6. The predicted octanol–water partition coefficient (Wildman–Crippen LogP) is 3.55. The summed E-state index contributed by atoms with van der Waals surface area (Å²) in [5, 5.41) is 2.17. The minimum absolute atomic E-state index is 0.156. The summed E-state index contributed by atoms with van der Waals surface area (Å²) in [6.45, 7) is 8.19. The van der Waals surface area contributed by atoms with Gasteiger partial charge >= 0.3 is 0 Å². The first kappa shape index (κ1) is 15.5. The number of hydrogen-bond acceptors (Lipinski definition) is 4. The van der Waals surface area contributed by atoms with E-state index in [4.69, 9.17) is 9.47 Å². The maximum absolute atomic E-state index is 6.23. The third kappa shape index (κ3) is 3.67. The fraction of sp³-hybridized carbons (Fsp3) is 0.765. The molecule has 1 spiro atoms. The fourth-order valence-electron chi connectivity index (χ4n) is 3.83. The average Bonchev–Trinajstić information content (AvgIpc) is 3.13. The van der Waals surface area contributed by atoms with E-state index in [2.05, 4.69) is 29.3 Å². The van der Waals surface area contributed by atoms with E-state index >= 15 is 0 Å². The van der Waals surface area contributed by atoms with Crippen molar-refractivity contribution in [1.82, 2.24) is 4.90 Å². The van der Waals surface area contributed by atoms with Crippen molar-refractivity contribution in [2.45, 2.75) is 44.8 Å². The number of piperidine rings is 1. The largest absolute Gasteiger partial charge is 0.382 e. The monoisotopic (exact) mass is 309 g/mol. The molecule has 2 saturated heterocycles. The molecule has 0 amide bonds. The maximum Gasteiger partial charge on any atom is 0.0736 e. The minimum Gasteiger partial charge on any atom is -0.382 e. The van der Waals surface area contributed by atoms with E-state index in [1.165, 1.54) is 43.6 Å². The zero-order chi connectivity index (χ0) is 14.5. The maximum atomic E-state index is 6.23. The summed E-state index contributed by atoms with van der Waals surface area (Å²) in [5.41, 5.74) is 0.156.